The topological polar surface area (TPSA) is 20.3 Å². The smallest absolute Gasteiger partial charge is 0.223 e. The molecule has 1 aliphatic carbocycles. The third kappa shape index (κ3) is 2.64. The Labute approximate surface area is 144 Å². The first-order valence-corrected chi connectivity index (χ1v) is 9.23. The number of rotatable bonds is 3. The van der Waals surface area contributed by atoms with Gasteiger partial charge in [0.15, 0.2) is 0 Å². The van der Waals surface area contributed by atoms with Crippen molar-refractivity contribution in [2.75, 3.05) is 6.54 Å². The summed E-state index contributed by atoms with van der Waals surface area (Å²) in [4.78, 5) is 15.2. The van der Waals surface area contributed by atoms with Crippen LogP contribution in [0.1, 0.15) is 60.4 Å². The van der Waals surface area contributed by atoms with E-state index in [2.05, 4.69) is 60.4 Å². The van der Waals surface area contributed by atoms with Gasteiger partial charge in [-0.3, -0.25) is 4.79 Å². The summed E-state index contributed by atoms with van der Waals surface area (Å²) in [7, 11) is 0. The van der Waals surface area contributed by atoms with Gasteiger partial charge >= 0.3 is 0 Å². The van der Waals surface area contributed by atoms with Crippen LogP contribution in [0.4, 0.5) is 0 Å². The summed E-state index contributed by atoms with van der Waals surface area (Å²) in [5.74, 6) is 0.737. The second-order valence-corrected chi connectivity index (χ2v) is 7.10. The Kier molecular flexibility index (Phi) is 4.13. The van der Waals surface area contributed by atoms with E-state index in [0.29, 0.717) is 18.2 Å². The molecule has 2 aromatic carbocycles. The number of fused-ring (bicyclic) bond motifs is 2. The highest BCUT2D eigenvalue weighted by Crippen LogP contribution is 2.38. The fraction of sp³-hybridized carbons (Fsp3) is 0.409. The fourth-order valence-electron chi connectivity index (χ4n) is 4.58. The maximum atomic E-state index is 13.1. The minimum atomic E-state index is 0.249. The Hall–Kier alpha value is -2.09. The first-order chi connectivity index (χ1) is 11.8. The Morgan fingerprint density at radius 2 is 1.67 bits per heavy atom. The van der Waals surface area contributed by atoms with Crippen LogP contribution in [-0.2, 0) is 17.6 Å². The molecule has 2 heteroatoms. The summed E-state index contributed by atoms with van der Waals surface area (Å²) in [6, 6.07) is 17.5. The summed E-state index contributed by atoms with van der Waals surface area (Å²) in [5.41, 5.74) is 5.61. The van der Waals surface area contributed by atoms with Crippen molar-refractivity contribution < 1.29 is 4.79 Å². The minimum Gasteiger partial charge on any atom is -0.335 e. The highest BCUT2D eigenvalue weighted by Gasteiger charge is 2.32. The molecule has 1 heterocycles. The molecule has 0 radical (unpaired) electrons. The largest absolute Gasteiger partial charge is 0.335 e. The molecule has 124 valence electrons. The quantitative estimate of drug-likeness (QED) is 0.807. The molecule has 2 unspecified atom stereocenters. The first-order valence-electron chi connectivity index (χ1n) is 9.23. The molecule has 0 saturated carbocycles. The van der Waals surface area contributed by atoms with E-state index in [1.807, 2.05) is 0 Å². The number of hydrogen-bond acceptors (Lipinski definition) is 1. The second kappa shape index (κ2) is 6.43. The van der Waals surface area contributed by atoms with Crippen molar-refractivity contribution in [3.8, 4) is 0 Å². The van der Waals surface area contributed by atoms with Crippen molar-refractivity contribution >= 4 is 5.91 Å². The van der Waals surface area contributed by atoms with E-state index < -0.39 is 0 Å². The number of carbonyl (C=O) groups is 1. The van der Waals surface area contributed by atoms with Gasteiger partial charge in [-0.05, 0) is 53.9 Å². The van der Waals surface area contributed by atoms with E-state index in [0.717, 1.165) is 32.2 Å². The lowest BCUT2D eigenvalue weighted by molar-refractivity contribution is -0.134. The molecular weight excluding hydrogens is 294 g/mol. The number of amides is 1. The Morgan fingerprint density at radius 1 is 1.00 bits per heavy atom. The summed E-state index contributed by atoms with van der Waals surface area (Å²) >= 11 is 0. The highest BCUT2D eigenvalue weighted by atomic mass is 16.2. The molecule has 0 saturated heterocycles. The third-order valence-corrected chi connectivity index (χ3v) is 5.80. The van der Waals surface area contributed by atoms with Crippen LogP contribution in [-0.4, -0.2) is 17.4 Å². The van der Waals surface area contributed by atoms with Crippen LogP contribution in [0, 0.1) is 0 Å². The standard InChI is InChI=1S/C22H25NO/c1-2-21-20-10-6-4-8-17(20)13-14-23(21)22(24)15-18-12-11-16-7-3-5-9-19(16)18/h3-10,18,21H,2,11-15H2,1H3. The van der Waals surface area contributed by atoms with Gasteiger partial charge in [-0.2, -0.15) is 0 Å². The number of carbonyl (C=O) groups excluding carboxylic acids is 1. The van der Waals surface area contributed by atoms with Crippen LogP contribution in [0.2, 0.25) is 0 Å². The molecule has 0 bridgehead atoms. The number of aryl methyl sites for hydroxylation is 1. The summed E-state index contributed by atoms with van der Waals surface area (Å²) < 4.78 is 0. The zero-order chi connectivity index (χ0) is 16.5. The van der Waals surface area contributed by atoms with Gasteiger partial charge in [-0.15, -0.1) is 0 Å². The second-order valence-electron chi connectivity index (χ2n) is 7.10. The van der Waals surface area contributed by atoms with Crippen LogP contribution >= 0.6 is 0 Å². The normalized spacial score (nSPS) is 22.1. The van der Waals surface area contributed by atoms with Gasteiger partial charge in [0.05, 0.1) is 6.04 Å². The first kappa shape index (κ1) is 15.4. The van der Waals surface area contributed by atoms with E-state index in [1.165, 1.54) is 22.3 Å². The van der Waals surface area contributed by atoms with Crippen molar-refractivity contribution in [3.63, 3.8) is 0 Å². The molecule has 1 amide bonds. The van der Waals surface area contributed by atoms with Crippen molar-refractivity contribution in [1.82, 2.24) is 4.90 Å². The molecule has 0 spiro atoms. The van der Waals surface area contributed by atoms with Crippen molar-refractivity contribution in [2.45, 2.75) is 51.0 Å². The average Bonchev–Trinajstić information content (AvgIpc) is 3.03. The van der Waals surface area contributed by atoms with E-state index in [4.69, 9.17) is 0 Å². The summed E-state index contributed by atoms with van der Waals surface area (Å²) in [6.45, 7) is 3.06. The molecule has 2 aliphatic rings. The SMILES string of the molecule is CCC1c2ccccc2CCN1C(=O)CC1CCc2ccccc21. The average molecular weight is 319 g/mol. The monoisotopic (exact) mass is 319 g/mol. The molecule has 0 aromatic heterocycles. The molecule has 2 atom stereocenters. The van der Waals surface area contributed by atoms with Crippen LogP contribution in [0.5, 0.6) is 0 Å². The molecule has 0 fully saturated rings. The van der Waals surface area contributed by atoms with Crippen LogP contribution in [0.15, 0.2) is 48.5 Å². The van der Waals surface area contributed by atoms with Gasteiger partial charge in [0, 0.05) is 13.0 Å². The van der Waals surface area contributed by atoms with Gasteiger partial charge in [0.25, 0.3) is 0 Å². The maximum absolute atomic E-state index is 13.1. The molecule has 0 N–H and O–H groups in total. The molecule has 2 nitrogen and oxygen atoms in total. The molecule has 1 aliphatic heterocycles. The zero-order valence-electron chi connectivity index (χ0n) is 14.4. The van der Waals surface area contributed by atoms with Crippen LogP contribution < -0.4 is 0 Å². The van der Waals surface area contributed by atoms with Crippen LogP contribution in [0.3, 0.4) is 0 Å². The fourth-order valence-corrected chi connectivity index (χ4v) is 4.58. The third-order valence-electron chi connectivity index (χ3n) is 5.80. The predicted molar refractivity (Wildman–Crippen MR) is 97.0 cm³/mol. The van der Waals surface area contributed by atoms with Crippen LogP contribution in [0.25, 0.3) is 0 Å². The Balaban J connectivity index is 1.53. The van der Waals surface area contributed by atoms with E-state index in [9.17, 15) is 4.79 Å². The van der Waals surface area contributed by atoms with Crippen molar-refractivity contribution in [2.24, 2.45) is 0 Å². The Morgan fingerprint density at radius 3 is 2.42 bits per heavy atom. The lowest BCUT2D eigenvalue weighted by Crippen LogP contribution is -2.40. The lowest BCUT2D eigenvalue weighted by atomic mass is 9.89. The van der Waals surface area contributed by atoms with Crippen molar-refractivity contribution in [1.29, 1.82) is 0 Å². The molecule has 24 heavy (non-hydrogen) atoms. The maximum Gasteiger partial charge on any atom is 0.223 e. The van der Waals surface area contributed by atoms with E-state index in [1.54, 1.807) is 0 Å². The van der Waals surface area contributed by atoms with E-state index >= 15 is 0 Å². The number of nitrogens with zero attached hydrogens (tertiary/aromatic N) is 1. The summed E-state index contributed by atoms with van der Waals surface area (Å²) in [6.07, 6.45) is 4.87. The molecule has 2 aromatic rings. The zero-order valence-corrected chi connectivity index (χ0v) is 14.4. The highest BCUT2D eigenvalue weighted by molar-refractivity contribution is 5.78. The van der Waals surface area contributed by atoms with Crippen molar-refractivity contribution in [3.05, 3.63) is 70.8 Å². The van der Waals surface area contributed by atoms with Gasteiger partial charge in [0.1, 0.15) is 0 Å². The van der Waals surface area contributed by atoms with Gasteiger partial charge < -0.3 is 4.90 Å². The molecule has 4 rings (SSSR count). The minimum absolute atomic E-state index is 0.249. The summed E-state index contributed by atoms with van der Waals surface area (Å²) in [5, 5.41) is 0. The Bertz CT molecular complexity index is 751. The number of benzene rings is 2. The van der Waals surface area contributed by atoms with Gasteiger partial charge in [-0.25, -0.2) is 0 Å². The van der Waals surface area contributed by atoms with Gasteiger partial charge in [-0.1, -0.05) is 55.5 Å². The lowest BCUT2D eigenvalue weighted by Gasteiger charge is -2.37. The van der Waals surface area contributed by atoms with E-state index in [-0.39, 0.29) is 6.04 Å². The molecular formula is C22H25NO. The van der Waals surface area contributed by atoms with Gasteiger partial charge in [0.2, 0.25) is 5.91 Å². The predicted octanol–water partition coefficient (Wildman–Crippen LogP) is 4.64. The number of hydrogen-bond donors (Lipinski definition) is 0.